The third kappa shape index (κ3) is 6.39. The van der Waals surface area contributed by atoms with Crippen molar-refractivity contribution in [1.82, 2.24) is 0 Å². The maximum Gasteiger partial charge on any atom is 0.114 e. The smallest absolute Gasteiger partial charge is 0.114 e. The molecular weight excluding hydrogens is 210 g/mol. The van der Waals surface area contributed by atoms with E-state index in [-0.39, 0.29) is 18.0 Å². The van der Waals surface area contributed by atoms with Crippen molar-refractivity contribution in [2.24, 2.45) is 0 Å². The van der Waals surface area contributed by atoms with E-state index in [0.717, 1.165) is 19.7 Å². The van der Waals surface area contributed by atoms with Crippen molar-refractivity contribution in [3.05, 3.63) is 0 Å². The molecule has 1 rings (SSSR count). The molecular formula is C12H26ClNO. The second kappa shape index (κ2) is 8.37. The summed E-state index contributed by atoms with van der Waals surface area (Å²) in [6.45, 7) is 7.76. The van der Waals surface area contributed by atoms with Gasteiger partial charge in [0.2, 0.25) is 0 Å². The van der Waals surface area contributed by atoms with Crippen LogP contribution >= 0.6 is 0 Å². The zero-order chi connectivity index (χ0) is 10.3. The molecule has 1 aliphatic heterocycles. The van der Waals surface area contributed by atoms with E-state index < -0.39 is 0 Å². The van der Waals surface area contributed by atoms with Gasteiger partial charge in [0.15, 0.2) is 0 Å². The van der Waals surface area contributed by atoms with Crippen molar-refractivity contribution >= 4 is 0 Å². The molecule has 1 aliphatic rings. The lowest BCUT2D eigenvalue weighted by molar-refractivity contribution is -0.685. The third-order valence-corrected chi connectivity index (χ3v) is 3.16. The lowest BCUT2D eigenvalue weighted by Gasteiger charge is -2.31. The number of hydrogen-bond acceptors (Lipinski definition) is 1. The minimum Gasteiger partial charge on any atom is -1.00 e. The molecule has 0 aromatic rings. The fraction of sp³-hybridized carbons (Fsp3) is 1.00. The zero-order valence-corrected chi connectivity index (χ0v) is 11.0. The Bertz CT molecular complexity index is 147. The van der Waals surface area contributed by atoms with Gasteiger partial charge in [-0.2, -0.15) is 0 Å². The number of quaternary nitrogens is 1. The average Bonchev–Trinajstić information content (AvgIpc) is 2.18. The summed E-state index contributed by atoms with van der Waals surface area (Å²) in [5, 5.41) is 2.38. The second-order valence-electron chi connectivity index (χ2n) is 4.74. The van der Waals surface area contributed by atoms with Gasteiger partial charge in [0, 0.05) is 0 Å². The van der Waals surface area contributed by atoms with E-state index in [9.17, 15) is 0 Å². The minimum absolute atomic E-state index is 0. The molecule has 2 nitrogen and oxygen atoms in total. The van der Waals surface area contributed by atoms with E-state index in [1.807, 2.05) is 0 Å². The molecule has 92 valence electrons. The van der Waals surface area contributed by atoms with E-state index >= 15 is 0 Å². The molecule has 0 aromatic carbocycles. The lowest BCUT2D eigenvalue weighted by Crippen LogP contribution is -3.00. The zero-order valence-electron chi connectivity index (χ0n) is 10.2. The van der Waals surface area contributed by atoms with Gasteiger partial charge in [-0.15, -0.1) is 0 Å². The maximum atomic E-state index is 5.84. The van der Waals surface area contributed by atoms with Crippen molar-refractivity contribution in [3.8, 4) is 0 Å². The Morgan fingerprint density at radius 1 is 1.20 bits per heavy atom. The molecule has 1 heterocycles. The summed E-state index contributed by atoms with van der Waals surface area (Å²) in [6.07, 6.45) is 8.09. The quantitative estimate of drug-likeness (QED) is 0.570. The van der Waals surface area contributed by atoms with Crippen LogP contribution in [0, 0.1) is 0 Å². The monoisotopic (exact) mass is 235 g/mol. The second-order valence-corrected chi connectivity index (χ2v) is 4.74. The summed E-state index contributed by atoms with van der Waals surface area (Å²) in [4.78, 5) is 0. The molecule has 0 bridgehead atoms. The molecule has 1 fully saturated rings. The van der Waals surface area contributed by atoms with Crippen LogP contribution in [-0.2, 0) is 4.74 Å². The highest BCUT2D eigenvalue weighted by atomic mass is 35.5. The summed E-state index contributed by atoms with van der Waals surface area (Å²) in [7, 11) is 0. The fourth-order valence-electron chi connectivity index (χ4n) is 2.13. The Kier molecular flexibility index (Phi) is 8.49. The van der Waals surface area contributed by atoms with Gasteiger partial charge in [-0.3, -0.25) is 0 Å². The predicted octanol–water partition coefficient (Wildman–Crippen LogP) is -1.30. The van der Waals surface area contributed by atoms with Gasteiger partial charge in [0.25, 0.3) is 0 Å². The van der Waals surface area contributed by atoms with Gasteiger partial charge < -0.3 is 22.5 Å². The van der Waals surface area contributed by atoms with Crippen LogP contribution in [-0.4, -0.2) is 25.3 Å². The SMILES string of the molecule is CCCCCCCC1(C)C[NH2+]CCO1.[Cl-]. The molecule has 0 aromatic heterocycles. The molecule has 0 amide bonds. The molecule has 3 heteroatoms. The fourth-order valence-corrected chi connectivity index (χ4v) is 2.13. The standard InChI is InChI=1S/C12H25NO.ClH/c1-3-4-5-6-7-8-12(2)11-13-9-10-14-12;/h13H,3-11H2,1-2H3;1H. The first-order chi connectivity index (χ1) is 6.77. The van der Waals surface area contributed by atoms with E-state index in [1.165, 1.54) is 38.5 Å². The van der Waals surface area contributed by atoms with Crippen molar-refractivity contribution < 1.29 is 22.5 Å². The topological polar surface area (TPSA) is 25.8 Å². The summed E-state index contributed by atoms with van der Waals surface area (Å²) in [6, 6.07) is 0. The van der Waals surface area contributed by atoms with Crippen LogP contribution < -0.4 is 17.7 Å². The summed E-state index contributed by atoms with van der Waals surface area (Å²) < 4.78 is 5.84. The maximum absolute atomic E-state index is 5.84. The van der Waals surface area contributed by atoms with Crippen LogP contribution in [0.25, 0.3) is 0 Å². The van der Waals surface area contributed by atoms with Gasteiger partial charge in [-0.25, -0.2) is 0 Å². The highest BCUT2D eigenvalue weighted by Crippen LogP contribution is 2.19. The van der Waals surface area contributed by atoms with Gasteiger partial charge >= 0.3 is 0 Å². The highest BCUT2D eigenvalue weighted by Gasteiger charge is 2.29. The van der Waals surface area contributed by atoms with E-state index in [4.69, 9.17) is 4.74 Å². The highest BCUT2D eigenvalue weighted by molar-refractivity contribution is 4.75. The number of morpholine rings is 1. The number of rotatable bonds is 6. The molecule has 2 N–H and O–H groups in total. The van der Waals surface area contributed by atoms with Crippen LogP contribution in [0.4, 0.5) is 0 Å². The van der Waals surface area contributed by atoms with Gasteiger partial charge in [-0.1, -0.05) is 39.0 Å². The minimum atomic E-state index is 0. The first kappa shape index (κ1) is 15.2. The summed E-state index contributed by atoms with van der Waals surface area (Å²) in [5.41, 5.74) is 0.171. The van der Waals surface area contributed by atoms with Crippen LogP contribution in [0.3, 0.4) is 0 Å². The van der Waals surface area contributed by atoms with Crippen LogP contribution in [0.5, 0.6) is 0 Å². The number of unbranched alkanes of at least 4 members (excludes halogenated alkanes) is 4. The van der Waals surface area contributed by atoms with Crippen LogP contribution in [0.1, 0.15) is 52.4 Å². The molecule has 0 radical (unpaired) electrons. The molecule has 0 spiro atoms. The van der Waals surface area contributed by atoms with Crippen molar-refractivity contribution in [2.75, 3.05) is 19.7 Å². The summed E-state index contributed by atoms with van der Waals surface area (Å²) in [5.74, 6) is 0. The molecule has 1 unspecified atom stereocenters. The molecule has 1 saturated heterocycles. The third-order valence-electron chi connectivity index (χ3n) is 3.16. The number of ether oxygens (including phenoxy) is 1. The Morgan fingerprint density at radius 2 is 1.93 bits per heavy atom. The van der Waals surface area contributed by atoms with Gasteiger partial charge in [0.1, 0.15) is 12.1 Å². The number of halogens is 1. The Labute approximate surface area is 101 Å². The normalized spacial score (nSPS) is 26.0. The van der Waals surface area contributed by atoms with Gasteiger partial charge in [0.05, 0.1) is 13.2 Å². The van der Waals surface area contributed by atoms with Crippen molar-refractivity contribution in [1.29, 1.82) is 0 Å². The molecule has 0 aliphatic carbocycles. The van der Waals surface area contributed by atoms with E-state index in [1.54, 1.807) is 0 Å². The van der Waals surface area contributed by atoms with Crippen LogP contribution in [0.2, 0.25) is 0 Å². The molecule has 1 atom stereocenters. The predicted molar refractivity (Wildman–Crippen MR) is 59.4 cm³/mol. The van der Waals surface area contributed by atoms with E-state index in [2.05, 4.69) is 19.2 Å². The first-order valence-electron chi connectivity index (χ1n) is 6.22. The number of nitrogens with two attached hydrogens (primary N) is 1. The average molecular weight is 236 g/mol. The lowest BCUT2D eigenvalue weighted by atomic mass is 9.96. The Balaban J connectivity index is 0.00000196. The van der Waals surface area contributed by atoms with E-state index in [0.29, 0.717) is 0 Å². The Hall–Kier alpha value is 0.210. The van der Waals surface area contributed by atoms with Gasteiger partial charge in [-0.05, 0) is 13.3 Å². The first-order valence-corrected chi connectivity index (χ1v) is 6.22. The van der Waals surface area contributed by atoms with Crippen molar-refractivity contribution in [3.63, 3.8) is 0 Å². The van der Waals surface area contributed by atoms with Crippen molar-refractivity contribution in [2.45, 2.75) is 58.0 Å². The largest absolute Gasteiger partial charge is 1.00 e. The molecule has 0 saturated carbocycles. The Morgan fingerprint density at radius 3 is 2.53 bits per heavy atom. The van der Waals surface area contributed by atoms with Crippen LogP contribution in [0.15, 0.2) is 0 Å². The summed E-state index contributed by atoms with van der Waals surface area (Å²) >= 11 is 0. The number of hydrogen-bond donors (Lipinski definition) is 1. The molecule has 15 heavy (non-hydrogen) atoms.